The summed E-state index contributed by atoms with van der Waals surface area (Å²) in [6.07, 6.45) is 0.628. The lowest BCUT2D eigenvalue weighted by Crippen LogP contribution is -2.53. The van der Waals surface area contributed by atoms with Crippen LogP contribution in [0, 0.1) is 22.7 Å². The average molecular weight is 263 g/mol. The monoisotopic (exact) mass is 263 g/mol. The van der Waals surface area contributed by atoms with E-state index in [4.69, 9.17) is 10.5 Å². The topological polar surface area (TPSA) is 83.2 Å². The van der Waals surface area contributed by atoms with Crippen LogP contribution in [0.25, 0.3) is 0 Å². The summed E-state index contributed by atoms with van der Waals surface area (Å²) in [7, 11) is 0. The minimum Gasteiger partial charge on any atom is -0.340 e. The Labute approximate surface area is 114 Å². The molecule has 19 heavy (non-hydrogen) atoms. The molecule has 1 aliphatic rings. The maximum atomic E-state index is 12.2. The van der Waals surface area contributed by atoms with Crippen LogP contribution in [-0.2, 0) is 4.79 Å². The Morgan fingerprint density at radius 3 is 2.53 bits per heavy atom. The van der Waals surface area contributed by atoms with Crippen LogP contribution in [-0.4, -0.2) is 61.0 Å². The number of carbonyl (C=O) groups is 1. The van der Waals surface area contributed by atoms with Crippen LogP contribution in [0.4, 0.5) is 0 Å². The lowest BCUT2D eigenvalue weighted by Gasteiger charge is -2.34. The molecule has 1 saturated heterocycles. The number of nitrogens with one attached hydrogen (secondary N) is 1. The van der Waals surface area contributed by atoms with Crippen molar-refractivity contribution in [1.29, 1.82) is 10.5 Å². The van der Waals surface area contributed by atoms with Gasteiger partial charge in [0, 0.05) is 38.8 Å². The van der Waals surface area contributed by atoms with Crippen molar-refractivity contribution in [3.63, 3.8) is 0 Å². The number of rotatable bonds is 6. The van der Waals surface area contributed by atoms with Crippen LogP contribution in [0.15, 0.2) is 0 Å². The summed E-state index contributed by atoms with van der Waals surface area (Å²) >= 11 is 0. The van der Waals surface area contributed by atoms with Gasteiger partial charge in [-0.2, -0.15) is 10.5 Å². The van der Waals surface area contributed by atoms with E-state index in [1.165, 1.54) is 0 Å². The minimum absolute atomic E-state index is 0.0132. The van der Waals surface area contributed by atoms with Crippen LogP contribution in [0.5, 0.6) is 0 Å². The van der Waals surface area contributed by atoms with E-state index in [9.17, 15) is 4.79 Å². The number of piperazine rings is 1. The Morgan fingerprint density at radius 2 is 2.00 bits per heavy atom. The van der Waals surface area contributed by atoms with Gasteiger partial charge >= 0.3 is 0 Å². The third-order valence-corrected chi connectivity index (χ3v) is 3.32. The molecule has 1 N–H and O–H groups in total. The molecule has 1 fully saturated rings. The van der Waals surface area contributed by atoms with Crippen LogP contribution >= 0.6 is 0 Å². The summed E-state index contributed by atoms with van der Waals surface area (Å²) in [6.45, 7) is 5.94. The molecular weight excluding hydrogens is 242 g/mol. The zero-order valence-electron chi connectivity index (χ0n) is 11.4. The summed E-state index contributed by atoms with van der Waals surface area (Å²) in [5.41, 5.74) is 0. The Hall–Kier alpha value is -1.63. The van der Waals surface area contributed by atoms with E-state index in [-0.39, 0.29) is 5.91 Å². The van der Waals surface area contributed by atoms with E-state index in [2.05, 4.69) is 17.1 Å². The van der Waals surface area contributed by atoms with E-state index >= 15 is 0 Å². The summed E-state index contributed by atoms with van der Waals surface area (Å²) < 4.78 is 0. The summed E-state index contributed by atoms with van der Waals surface area (Å²) in [5, 5.41) is 20.5. The molecule has 6 heteroatoms. The molecule has 1 aliphatic heterocycles. The van der Waals surface area contributed by atoms with E-state index in [0.29, 0.717) is 38.5 Å². The first-order valence-electron chi connectivity index (χ1n) is 6.65. The molecule has 6 nitrogen and oxygen atoms in total. The van der Waals surface area contributed by atoms with E-state index in [1.807, 2.05) is 12.1 Å². The number of amides is 1. The van der Waals surface area contributed by atoms with Crippen molar-refractivity contribution in [3.8, 4) is 12.1 Å². The fraction of sp³-hybridized carbons (Fsp3) is 0.769. The molecule has 0 saturated carbocycles. The zero-order valence-corrected chi connectivity index (χ0v) is 11.4. The van der Waals surface area contributed by atoms with Gasteiger partial charge in [-0.1, -0.05) is 0 Å². The second-order valence-corrected chi connectivity index (χ2v) is 4.72. The lowest BCUT2D eigenvalue weighted by molar-refractivity contribution is -0.133. The van der Waals surface area contributed by atoms with Gasteiger partial charge < -0.3 is 10.2 Å². The van der Waals surface area contributed by atoms with Crippen molar-refractivity contribution in [3.05, 3.63) is 0 Å². The predicted octanol–water partition coefficient (Wildman–Crippen LogP) is -0.0639. The lowest BCUT2D eigenvalue weighted by atomic mass is 10.2. The number of hydrogen-bond donors (Lipinski definition) is 1. The smallest absolute Gasteiger partial charge is 0.236 e. The van der Waals surface area contributed by atoms with Crippen molar-refractivity contribution in [2.75, 3.05) is 39.3 Å². The Morgan fingerprint density at radius 1 is 1.37 bits per heavy atom. The highest BCUT2D eigenvalue weighted by Crippen LogP contribution is 2.04. The second kappa shape index (κ2) is 8.47. The molecule has 0 radical (unpaired) electrons. The molecule has 1 heterocycles. The Bertz CT molecular complexity index is 352. The van der Waals surface area contributed by atoms with Crippen molar-refractivity contribution in [1.82, 2.24) is 15.1 Å². The Balaban J connectivity index is 2.50. The number of carbonyl (C=O) groups excluding carboxylic acids is 1. The molecule has 104 valence electrons. The van der Waals surface area contributed by atoms with Gasteiger partial charge in [-0.15, -0.1) is 0 Å². The molecule has 1 rings (SSSR count). The predicted molar refractivity (Wildman–Crippen MR) is 70.9 cm³/mol. The normalized spacial score (nSPS) is 19.4. The molecule has 0 unspecified atom stereocenters. The van der Waals surface area contributed by atoms with Crippen molar-refractivity contribution >= 4 is 5.91 Å². The van der Waals surface area contributed by atoms with Crippen molar-refractivity contribution in [2.24, 2.45) is 0 Å². The molecule has 0 aromatic rings. The standard InChI is InChI=1S/C13H21N5O/c1-12-10-16-6-9-18(12)11-13(19)17(7-2-4-14)8-3-5-15/h12,16H,2-3,6-11H2,1H3/t12-/m0/s1. The second-order valence-electron chi connectivity index (χ2n) is 4.72. The highest BCUT2D eigenvalue weighted by molar-refractivity contribution is 5.78. The van der Waals surface area contributed by atoms with Gasteiger partial charge in [-0.25, -0.2) is 0 Å². The zero-order chi connectivity index (χ0) is 14.1. The molecule has 1 amide bonds. The van der Waals surface area contributed by atoms with Crippen LogP contribution in [0.1, 0.15) is 19.8 Å². The quantitative estimate of drug-likeness (QED) is 0.725. The summed E-state index contributed by atoms with van der Waals surface area (Å²) in [4.78, 5) is 16.0. The third kappa shape index (κ3) is 5.25. The van der Waals surface area contributed by atoms with Gasteiger partial charge in [0.15, 0.2) is 0 Å². The van der Waals surface area contributed by atoms with E-state index in [0.717, 1.165) is 19.6 Å². The van der Waals surface area contributed by atoms with Gasteiger partial charge in [0.2, 0.25) is 5.91 Å². The number of nitriles is 2. The number of hydrogen-bond acceptors (Lipinski definition) is 5. The SMILES string of the molecule is C[C@H]1CNCCN1CC(=O)N(CCC#N)CCC#N. The molecular formula is C13H21N5O. The molecule has 0 aromatic heterocycles. The highest BCUT2D eigenvalue weighted by Gasteiger charge is 2.22. The van der Waals surface area contributed by atoms with E-state index < -0.39 is 0 Å². The molecule has 1 atom stereocenters. The van der Waals surface area contributed by atoms with Gasteiger partial charge in [0.25, 0.3) is 0 Å². The van der Waals surface area contributed by atoms with Gasteiger partial charge in [0.1, 0.15) is 0 Å². The maximum absolute atomic E-state index is 12.2. The first-order chi connectivity index (χ1) is 9.19. The summed E-state index contributed by atoms with van der Waals surface area (Å²) in [6, 6.07) is 4.42. The molecule has 0 aliphatic carbocycles. The first kappa shape index (κ1) is 15.4. The fourth-order valence-electron chi connectivity index (χ4n) is 2.12. The van der Waals surface area contributed by atoms with Crippen LogP contribution < -0.4 is 5.32 Å². The Kier molecular flexibility index (Phi) is 6.88. The van der Waals surface area contributed by atoms with Gasteiger partial charge in [-0.05, 0) is 6.92 Å². The van der Waals surface area contributed by atoms with E-state index in [1.54, 1.807) is 4.90 Å². The average Bonchev–Trinajstić information content (AvgIpc) is 2.41. The van der Waals surface area contributed by atoms with Crippen LogP contribution in [0.3, 0.4) is 0 Å². The van der Waals surface area contributed by atoms with Crippen molar-refractivity contribution in [2.45, 2.75) is 25.8 Å². The minimum atomic E-state index is 0.0132. The van der Waals surface area contributed by atoms with Gasteiger partial charge in [-0.3, -0.25) is 9.69 Å². The molecule has 0 spiro atoms. The maximum Gasteiger partial charge on any atom is 0.236 e. The fourth-order valence-corrected chi connectivity index (χ4v) is 2.12. The first-order valence-corrected chi connectivity index (χ1v) is 6.65. The molecule has 0 bridgehead atoms. The molecule has 0 aromatic carbocycles. The number of nitrogens with zero attached hydrogens (tertiary/aromatic N) is 4. The highest BCUT2D eigenvalue weighted by atomic mass is 16.2. The van der Waals surface area contributed by atoms with Crippen LogP contribution in [0.2, 0.25) is 0 Å². The van der Waals surface area contributed by atoms with Crippen molar-refractivity contribution < 1.29 is 4.79 Å². The third-order valence-electron chi connectivity index (χ3n) is 3.32. The largest absolute Gasteiger partial charge is 0.340 e. The summed E-state index contributed by atoms with van der Waals surface area (Å²) in [5.74, 6) is 0.0132. The van der Waals surface area contributed by atoms with Gasteiger partial charge in [0.05, 0.1) is 31.5 Å².